The minimum Gasteiger partial charge on any atom is -0.356 e. The molecule has 1 aromatic rings. The van der Waals surface area contributed by atoms with E-state index < -0.39 is 5.54 Å². The molecule has 16 heavy (non-hydrogen) atoms. The first-order chi connectivity index (χ1) is 7.48. The lowest BCUT2D eigenvalue weighted by atomic mass is 9.96. The van der Waals surface area contributed by atoms with Gasteiger partial charge in [0.15, 0.2) is 0 Å². The molecule has 86 valence electrons. The van der Waals surface area contributed by atoms with Crippen molar-refractivity contribution in [2.75, 3.05) is 16.8 Å². The van der Waals surface area contributed by atoms with Crippen molar-refractivity contribution < 1.29 is 4.79 Å². The highest BCUT2D eigenvalue weighted by atomic mass is 35.5. The van der Waals surface area contributed by atoms with Crippen molar-refractivity contribution in [2.24, 2.45) is 0 Å². The lowest BCUT2D eigenvalue weighted by Crippen LogP contribution is -2.56. The fourth-order valence-corrected chi connectivity index (χ4v) is 2.33. The Bertz CT molecular complexity index is 443. The molecule has 2 rings (SSSR count). The molecule has 0 unspecified atom stereocenters. The summed E-state index contributed by atoms with van der Waals surface area (Å²) in [6, 6.07) is 5.66. The van der Waals surface area contributed by atoms with Gasteiger partial charge in [0.05, 0.1) is 16.4 Å². The third-order valence-corrected chi connectivity index (χ3v) is 3.38. The van der Waals surface area contributed by atoms with Gasteiger partial charge in [-0.3, -0.25) is 4.79 Å². The number of likely N-dealkylation sites (N-methyl/N-ethyl adjacent to an activating group) is 1. The second-order valence-corrected chi connectivity index (χ2v) is 4.80. The smallest absolute Gasteiger partial charge is 0.249 e. The number of amides is 1. The number of carbonyl (C=O) groups excluding carboxylic acids is 1. The lowest BCUT2D eigenvalue weighted by Gasteiger charge is -2.43. The van der Waals surface area contributed by atoms with Crippen molar-refractivity contribution in [3.63, 3.8) is 0 Å². The Hall–Kier alpha value is -1.22. The van der Waals surface area contributed by atoms with Gasteiger partial charge in [0, 0.05) is 6.54 Å². The van der Waals surface area contributed by atoms with Gasteiger partial charge in [0.1, 0.15) is 5.54 Å². The molecule has 0 aliphatic carbocycles. The molecule has 4 heteroatoms. The molecule has 0 atom stereocenters. The second-order valence-electron chi connectivity index (χ2n) is 4.39. The number of carbonyl (C=O) groups is 1. The summed E-state index contributed by atoms with van der Waals surface area (Å²) in [7, 11) is 0. The number of hydrogen-bond acceptors (Lipinski definition) is 2. The number of nitrogens with one attached hydrogen (secondary N) is 1. The number of nitrogens with zero attached hydrogens (tertiary/aromatic N) is 1. The van der Waals surface area contributed by atoms with Crippen molar-refractivity contribution in [2.45, 2.75) is 26.3 Å². The number of fused-ring (bicyclic) bond motifs is 1. The summed E-state index contributed by atoms with van der Waals surface area (Å²) < 4.78 is 0. The number of para-hydroxylation sites is 1. The highest BCUT2D eigenvalue weighted by molar-refractivity contribution is 6.35. The molecule has 1 aliphatic heterocycles. The van der Waals surface area contributed by atoms with Crippen LogP contribution in [0.2, 0.25) is 5.02 Å². The Morgan fingerprint density at radius 2 is 2.12 bits per heavy atom. The zero-order chi connectivity index (χ0) is 11.9. The summed E-state index contributed by atoms with van der Waals surface area (Å²) in [6.07, 6.45) is 0. The molecule has 0 fully saturated rings. The molecule has 0 spiro atoms. The van der Waals surface area contributed by atoms with Crippen LogP contribution in [-0.2, 0) is 4.79 Å². The number of halogens is 1. The maximum Gasteiger partial charge on any atom is 0.249 e. The van der Waals surface area contributed by atoms with E-state index in [4.69, 9.17) is 11.6 Å². The van der Waals surface area contributed by atoms with Crippen LogP contribution < -0.4 is 10.2 Å². The van der Waals surface area contributed by atoms with E-state index in [1.54, 1.807) is 6.07 Å². The summed E-state index contributed by atoms with van der Waals surface area (Å²) in [5.41, 5.74) is 1.17. The monoisotopic (exact) mass is 238 g/mol. The van der Waals surface area contributed by atoms with E-state index in [0.717, 1.165) is 17.9 Å². The van der Waals surface area contributed by atoms with Crippen LogP contribution >= 0.6 is 11.6 Å². The molecule has 0 aromatic heterocycles. The van der Waals surface area contributed by atoms with Gasteiger partial charge in [-0.1, -0.05) is 17.7 Å². The zero-order valence-electron chi connectivity index (χ0n) is 9.67. The van der Waals surface area contributed by atoms with Gasteiger partial charge < -0.3 is 10.2 Å². The first-order valence-corrected chi connectivity index (χ1v) is 5.74. The van der Waals surface area contributed by atoms with E-state index in [-0.39, 0.29) is 5.91 Å². The fraction of sp³-hybridized carbons (Fsp3) is 0.417. The van der Waals surface area contributed by atoms with Gasteiger partial charge in [0.2, 0.25) is 5.91 Å². The number of rotatable bonds is 1. The topological polar surface area (TPSA) is 32.3 Å². The molecule has 1 N–H and O–H groups in total. The van der Waals surface area contributed by atoms with Gasteiger partial charge in [-0.2, -0.15) is 0 Å². The van der Waals surface area contributed by atoms with Gasteiger partial charge >= 0.3 is 0 Å². The van der Waals surface area contributed by atoms with Gasteiger partial charge in [-0.25, -0.2) is 0 Å². The van der Waals surface area contributed by atoms with Crippen molar-refractivity contribution in [1.29, 1.82) is 0 Å². The van der Waals surface area contributed by atoms with Crippen LogP contribution in [0.4, 0.5) is 11.4 Å². The molecular weight excluding hydrogens is 224 g/mol. The van der Waals surface area contributed by atoms with E-state index in [9.17, 15) is 4.79 Å². The van der Waals surface area contributed by atoms with Crippen molar-refractivity contribution in [3.8, 4) is 0 Å². The summed E-state index contributed by atoms with van der Waals surface area (Å²) in [5, 5.41) is 3.45. The summed E-state index contributed by atoms with van der Waals surface area (Å²) in [4.78, 5) is 14.1. The van der Waals surface area contributed by atoms with Crippen LogP contribution in [0, 0.1) is 0 Å². The maximum atomic E-state index is 12.0. The summed E-state index contributed by atoms with van der Waals surface area (Å²) in [5.74, 6) is -0.0186. The SMILES string of the molecule is CCN1c2cccc(Cl)c2NC(=O)C1(C)C. The van der Waals surface area contributed by atoms with Gasteiger partial charge in [-0.15, -0.1) is 0 Å². The Kier molecular flexibility index (Phi) is 2.58. The van der Waals surface area contributed by atoms with Gasteiger partial charge in [-0.05, 0) is 32.9 Å². The predicted molar refractivity (Wildman–Crippen MR) is 67.2 cm³/mol. The fourth-order valence-electron chi connectivity index (χ4n) is 2.12. The predicted octanol–water partition coefficient (Wildman–Crippen LogP) is 2.90. The van der Waals surface area contributed by atoms with Crippen LogP contribution in [-0.4, -0.2) is 18.0 Å². The highest BCUT2D eigenvalue weighted by Crippen LogP contribution is 2.40. The molecule has 1 aromatic carbocycles. The number of hydrogen-bond donors (Lipinski definition) is 1. The minimum atomic E-state index is -0.535. The van der Waals surface area contributed by atoms with E-state index >= 15 is 0 Å². The Morgan fingerprint density at radius 1 is 1.44 bits per heavy atom. The average Bonchev–Trinajstić information content (AvgIpc) is 2.21. The van der Waals surface area contributed by atoms with Crippen molar-refractivity contribution in [1.82, 2.24) is 0 Å². The van der Waals surface area contributed by atoms with Crippen LogP contribution in [0.5, 0.6) is 0 Å². The van der Waals surface area contributed by atoms with Crippen LogP contribution in [0.15, 0.2) is 18.2 Å². The van der Waals surface area contributed by atoms with E-state index in [0.29, 0.717) is 5.02 Å². The molecule has 1 amide bonds. The third-order valence-electron chi connectivity index (χ3n) is 3.07. The minimum absolute atomic E-state index is 0.0186. The largest absolute Gasteiger partial charge is 0.356 e. The molecule has 0 saturated carbocycles. The molecule has 0 radical (unpaired) electrons. The van der Waals surface area contributed by atoms with E-state index in [1.165, 1.54) is 0 Å². The Balaban J connectivity index is 2.61. The molecule has 0 saturated heterocycles. The van der Waals surface area contributed by atoms with Crippen LogP contribution in [0.3, 0.4) is 0 Å². The first kappa shape index (κ1) is 11.3. The Labute approximate surface area is 100 Å². The van der Waals surface area contributed by atoms with Crippen molar-refractivity contribution >= 4 is 28.9 Å². The van der Waals surface area contributed by atoms with E-state index in [1.807, 2.05) is 32.9 Å². The average molecular weight is 239 g/mol. The van der Waals surface area contributed by atoms with E-state index in [2.05, 4.69) is 10.2 Å². The normalized spacial score (nSPS) is 18.0. The van der Waals surface area contributed by atoms with Crippen LogP contribution in [0.1, 0.15) is 20.8 Å². The molecule has 0 bridgehead atoms. The number of anilines is 2. The molecular formula is C12H15ClN2O. The van der Waals surface area contributed by atoms with Crippen LogP contribution in [0.25, 0.3) is 0 Å². The molecule has 3 nitrogen and oxygen atoms in total. The first-order valence-electron chi connectivity index (χ1n) is 5.36. The molecule has 1 aliphatic rings. The summed E-state index contributed by atoms with van der Waals surface area (Å²) in [6.45, 7) is 6.63. The van der Waals surface area contributed by atoms with Crippen molar-refractivity contribution in [3.05, 3.63) is 23.2 Å². The maximum absolute atomic E-state index is 12.0. The van der Waals surface area contributed by atoms with Gasteiger partial charge in [0.25, 0.3) is 0 Å². The molecule has 1 heterocycles. The third kappa shape index (κ3) is 1.47. The quantitative estimate of drug-likeness (QED) is 0.816. The summed E-state index contributed by atoms with van der Waals surface area (Å²) >= 11 is 6.08. The number of benzene rings is 1. The highest BCUT2D eigenvalue weighted by Gasteiger charge is 2.39. The second kappa shape index (κ2) is 3.67. The lowest BCUT2D eigenvalue weighted by molar-refractivity contribution is -0.120. The zero-order valence-corrected chi connectivity index (χ0v) is 10.4. The Morgan fingerprint density at radius 3 is 2.75 bits per heavy atom. The standard InChI is InChI=1S/C12H15ClN2O/c1-4-15-9-7-5-6-8(13)10(9)14-11(16)12(15,2)3/h5-7H,4H2,1-3H3,(H,14,16).